The van der Waals surface area contributed by atoms with E-state index in [1.165, 1.54) is 19.1 Å². The summed E-state index contributed by atoms with van der Waals surface area (Å²) in [4.78, 5) is 12.8. The number of fused-ring (bicyclic) bond motifs is 1. The molecule has 0 aromatic heterocycles. The maximum absolute atomic E-state index is 12.9. The zero-order valence-corrected chi connectivity index (χ0v) is 15.8. The van der Waals surface area contributed by atoms with Crippen molar-refractivity contribution in [3.8, 4) is 0 Å². The fourth-order valence-corrected chi connectivity index (χ4v) is 4.40. The number of alkyl halides is 3. The summed E-state index contributed by atoms with van der Waals surface area (Å²) in [5.41, 5.74) is 0.724. The number of carbonyl (C=O) groups is 1. The van der Waals surface area contributed by atoms with Crippen LogP contribution in [0.15, 0.2) is 48.5 Å². The van der Waals surface area contributed by atoms with Crippen molar-refractivity contribution in [1.82, 2.24) is 4.31 Å². The molecule has 0 aliphatic carbocycles. The van der Waals surface area contributed by atoms with Crippen LogP contribution in [0.4, 0.5) is 18.9 Å². The quantitative estimate of drug-likeness (QED) is 0.837. The standard InChI is InChI=1S/C19H19F3N2O3S/c1-2-28(26,27)24-12-14-7-4-3-6-13(14)10-17(24)18(25)23-16-9-5-8-15(11-16)19(20,21)22/h3-9,11,17H,2,10,12H2,1H3,(H,23,25). The third-order valence-electron chi connectivity index (χ3n) is 4.69. The molecule has 1 unspecified atom stereocenters. The van der Waals surface area contributed by atoms with E-state index in [0.29, 0.717) is 0 Å². The first-order valence-corrected chi connectivity index (χ1v) is 10.3. The van der Waals surface area contributed by atoms with E-state index in [1.54, 1.807) is 18.2 Å². The number of halogens is 3. The molecule has 2 aromatic carbocycles. The predicted molar refractivity (Wildman–Crippen MR) is 99.0 cm³/mol. The molecular weight excluding hydrogens is 393 g/mol. The van der Waals surface area contributed by atoms with Gasteiger partial charge in [0.2, 0.25) is 15.9 Å². The van der Waals surface area contributed by atoms with E-state index in [4.69, 9.17) is 0 Å². The Kier molecular flexibility index (Phi) is 5.49. The van der Waals surface area contributed by atoms with Gasteiger partial charge in [-0.1, -0.05) is 30.3 Å². The molecule has 1 amide bonds. The molecule has 150 valence electrons. The largest absolute Gasteiger partial charge is 0.416 e. The Morgan fingerprint density at radius 2 is 1.82 bits per heavy atom. The SMILES string of the molecule is CCS(=O)(=O)N1Cc2ccccc2CC1C(=O)Nc1cccc(C(F)(F)F)c1. The van der Waals surface area contributed by atoms with Crippen molar-refractivity contribution in [1.29, 1.82) is 0 Å². The smallest absolute Gasteiger partial charge is 0.325 e. The van der Waals surface area contributed by atoms with Crippen molar-refractivity contribution in [3.05, 3.63) is 65.2 Å². The number of nitrogens with one attached hydrogen (secondary N) is 1. The summed E-state index contributed by atoms with van der Waals surface area (Å²) in [7, 11) is -3.69. The number of amides is 1. The minimum absolute atomic E-state index is 0.0347. The lowest BCUT2D eigenvalue weighted by atomic mass is 9.95. The second kappa shape index (κ2) is 7.56. The van der Waals surface area contributed by atoms with Crippen LogP contribution < -0.4 is 5.32 Å². The third-order valence-corrected chi connectivity index (χ3v) is 6.52. The summed E-state index contributed by atoms with van der Waals surface area (Å²) in [6.45, 7) is 1.53. The van der Waals surface area contributed by atoms with Crippen molar-refractivity contribution in [3.63, 3.8) is 0 Å². The van der Waals surface area contributed by atoms with Gasteiger partial charge >= 0.3 is 6.18 Å². The summed E-state index contributed by atoms with van der Waals surface area (Å²) in [6.07, 6.45) is -4.39. The third kappa shape index (κ3) is 4.20. The lowest BCUT2D eigenvalue weighted by molar-refractivity contribution is -0.137. The van der Waals surface area contributed by atoms with Gasteiger partial charge < -0.3 is 5.32 Å². The predicted octanol–water partition coefficient (Wildman–Crippen LogP) is 3.42. The Labute approximate surface area is 161 Å². The molecule has 28 heavy (non-hydrogen) atoms. The highest BCUT2D eigenvalue weighted by Crippen LogP contribution is 2.31. The highest BCUT2D eigenvalue weighted by Gasteiger charge is 2.38. The monoisotopic (exact) mass is 412 g/mol. The molecule has 1 atom stereocenters. The van der Waals surface area contributed by atoms with E-state index in [1.807, 2.05) is 6.07 Å². The van der Waals surface area contributed by atoms with Gasteiger partial charge in [-0.3, -0.25) is 4.79 Å². The molecule has 0 saturated heterocycles. The normalized spacial score (nSPS) is 17.8. The van der Waals surface area contributed by atoms with Crippen molar-refractivity contribution in [2.24, 2.45) is 0 Å². The number of hydrogen-bond donors (Lipinski definition) is 1. The number of sulfonamides is 1. The zero-order valence-electron chi connectivity index (χ0n) is 15.0. The Morgan fingerprint density at radius 3 is 2.46 bits per heavy atom. The molecule has 5 nitrogen and oxygen atoms in total. The Morgan fingerprint density at radius 1 is 1.14 bits per heavy atom. The fourth-order valence-electron chi connectivity index (χ4n) is 3.18. The summed E-state index contributed by atoms with van der Waals surface area (Å²) in [6, 6.07) is 10.4. The van der Waals surface area contributed by atoms with Crippen LogP contribution in [0.3, 0.4) is 0 Å². The molecule has 1 heterocycles. The zero-order chi connectivity index (χ0) is 20.5. The van der Waals surface area contributed by atoms with Crippen molar-refractivity contribution in [2.45, 2.75) is 32.1 Å². The van der Waals surface area contributed by atoms with E-state index in [9.17, 15) is 26.4 Å². The number of benzene rings is 2. The summed E-state index contributed by atoms with van der Waals surface area (Å²) >= 11 is 0. The van der Waals surface area contributed by atoms with Gasteiger partial charge in [0, 0.05) is 12.2 Å². The summed E-state index contributed by atoms with van der Waals surface area (Å²) < 4.78 is 64.8. The summed E-state index contributed by atoms with van der Waals surface area (Å²) in [5, 5.41) is 2.44. The van der Waals surface area contributed by atoms with Gasteiger partial charge in [0.1, 0.15) is 6.04 Å². The van der Waals surface area contributed by atoms with E-state index >= 15 is 0 Å². The lowest BCUT2D eigenvalue weighted by Gasteiger charge is -2.34. The van der Waals surface area contributed by atoms with Gasteiger partial charge in [-0.05, 0) is 42.7 Å². The van der Waals surface area contributed by atoms with Gasteiger partial charge in [-0.2, -0.15) is 17.5 Å². The fraction of sp³-hybridized carbons (Fsp3) is 0.316. The van der Waals surface area contributed by atoms with Crippen LogP contribution >= 0.6 is 0 Å². The van der Waals surface area contributed by atoms with Crippen LogP contribution in [0, 0.1) is 0 Å². The minimum Gasteiger partial charge on any atom is -0.325 e. The van der Waals surface area contributed by atoms with Crippen LogP contribution in [0.2, 0.25) is 0 Å². The van der Waals surface area contributed by atoms with Crippen LogP contribution in [-0.2, 0) is 34.0 Å². The summed E-state index contributed by atoms with van der Waals surface area (Å²) in [5.74, 6) is -0.839. The highest BCUT2D eigenvalue weighted by molar-refractivity contribution is 7.89. The number of anilines is 1. The molecule has 0 bridgehead atoms. The first kappa shape index (κ1) is 20.3. The average molecular weight is 412 g/mol. The van der Waals surface area contributed by atoms with Gasteiger partial charge in [0.25, 0.3) is 0 Å². The molecule has 0 fully saturated rings. The average Bonchev–Trinajstić information content (AvgIpc) is 2.66. The molecule has 1 N–H and O–H groups in total. The Hall–Kier alpha value is -2.39. The molecule has 0 radical (unpaired) electrons. The number of hydrogen-bond acceptors (Lipinski definition) is 3. The molecule has 0 spiro atoms. The van der Waals surface area contributed by atoms with E-state index in [2.05, 4.69) is 5.32 Å². The molecule has 1 aliphatic rings. The molecule has 3 rings (SSSR count). The second-order valence-electron chi connectivity index (χ2n) is 6.50. The van der Waals surface area contributed by atoms with Gasteiger partial charge in [-0.15, -0.1) is 0 Å². The molecule has 0 saturated carbocycles. The van der Waals surface area contributed by atoms with E-state index < -0.39 is 33.7 Å². The molecule has 1 aliphatic heterocycles. The van der Waals surface area contributed by atoms with Crippen LogP contribution in [0.5, 0.6) is 0 Å². The van der Waals surface area contributed by atoms with Crippen LogP contribution in [0.1, 0.15) is 23.6 Å². The maximum atomic E-state index is 12.9. The first-order valence-electron chi connectivity index (χ1n) is 8.66. The van der Waals surface area contributed by atoms with Crippen LogP contribution in [0.25, 0.3) is 0 Å². The second-order valence-corrected chi connectivity index (χ2v) is 8.71. The van der Waals surface area contributed by atoms with Crippen molar-refractivity contribution in [2.75, 3.05) is 11.1 Å². The van der Waals surface area contributed by atoms with Gasteiger partial charge in [-0.25, -0.2) is 8.42 Å². The highest BCUT2D eigenvalue weighted by atomic mass is 32.2. The molecular formula is C19H19F3N2O3S. The molecule has 2 aromatic rings. The first-order chi connectivity index (χ1) is 13.1. The minimum atomic E-state index is -4.54. The number of carbonyl (C=O) groups excluding carboxylic acids is 1. The maximum Gasteiger partial charge on any atom is 0.416 e. The topological polar surface area (TPSA) is 66.5 Å². The van der Waals surface area contributed by atoms with E-state index in [0.717, 1.165) is 27.6 Å². The Bertz CT molecular complexity index is 990. The van der Waals surface area contributed by atoms with E-state index in [-0.39, 0.29) is 24.4 Å². The number of rotatable bonds is 4. The lowest BCUT2D eigenvalue weighted by Crippen LogP contribution is -2.51. The molecule has 9 heteroatoms. The Balaban J connectivity index is 1.90. The van der Waals surface area contributed by atoms with Crippen molar-refractivity contribution < 1.29 is 26.4 Å². The van der Waals surface area contributed by atoms with Gasteiger partial charge in [0.15, 0.2) is 0 Å². The van der Waals surface area contributed by atoms with Crippen LogP contribution in [-0.4, -0.2) is 30.4 Å². The van der Waals surface area contributed by atoms with Gasteiger partial charge in [0.05, 0.1) is 11.3 Å². The van der Waals surface area contributed by atoms with Crippen molar-refractivity contribution >= 4 is 21.6 Å². The number of nitrogens with zero attached hydrogens (tertiary/aromatic N) is 1.